The van der Waals surface area contributed by atoms with Crippen molar-refractivity contribution in [1.82, 2.24) is 15.0 Å². The molecule has 0 atom stereocenters. The van der Waals surface area contributed by atoms with Crippen LogP contribution in [0, 0.1) is 0 Å². The van der Waals surface area contributed by atoms with Crippen LogP contribution in [-0.4, -0.2) is 20.9 Å². The fraction of sp³-hybridized carbons (Fsp3) is 0.125. The second kappa shape index (κ2) is 6.17. The largest absolute Gasteiger partial charge is 0.463 e. The van der Waals surface area contributed by atoms with Crippen LogP contribution < -0.4 is 5.32 Å². The zero-order chi connectivity index (χ0) is 15.4. The summed E-state index contributed by atoms with van der Waals surface area (Å²) in [5.41, 5.74) is 2.17. The van der Waals surface area contributed by atoms with E-state index in [-0.39, 0.29) is 5.91 Å². The molecule has 0 aromatic carbocycles. The van der Waals surface area contributed by atoms with E-state index in [1.165, 1.54) is 6.33 Å². The van der Waals surface area contributed by atoms with E-state index in [1.807, 2.05) is 18.2 Å². The highest BCUT2D eigenvalue weighted by Crippen LogP contribution is 2.29. The number of carbonyl (C=O) groups excluding carboxylic acids is 1. The van der Waals surface area contributed by atoms with Gasteiger partial charge in [0, 0.05) is 24.2 Å². The monoisotopic (exact) mass is 294 g/mol. The van der Waals surface area contributed by atoms with Crippen molar-refractivity contribution in [3.8, 4) is 22.7 Å². The van der Waals surface area contributed by atoms with E-state index < -0.39 is 0 Å². The third-order valence-corrected chi connectivity index (χ3v) is 3.09. The van der Waals surface area contributed by atoms with Crippen molar-refractivity contribution in [3.05, 3.63) is 49.1 Å². The van der Waals surface area contributed by atoms with Gasteiger partial charge in [-0.1, -0.05) is 6.92 Å². The van der Waals surface area contributed by atoms with Crippen LogP contribution in [-0.2, 0) is 4.79 Å². The van der Waals surface area contributed by atoms with Crippen LogP contribution in [0.4, 0.5) is 5.82 Å². The van der Waals surface area contributed by atoms with Gasteiger partial charge in [-0.05, 0) is 24.3 Å². The Kier molecular flexibility index (Phi) is 3.91. The Balaban J connectivity index is 2.02. The number of pyridine rings is 1. The third kappa shape index (κ3) is 2.85. The molecule has 0 radical (unpaired) electrons. The van der Waals surface area contributed by atoms with Crippen molar-refractivity contribution >= 4 is 11.7 Å². The average Bonchev–Trinajstić information content (AvgIpc) is 3.09. The number of carbonyl (C=O) groups is 1. The number of furan rings is 1. The smallest absolute Gasteiger partial charge is 0.225 e. The number of rotatable bonds is 4. The summed E-state index contributed by atoms with van der Waals surface area (Å²) in [7, 11) is 0. The molecule has 22 heavy (non-hydrogen) atoms. The molecule has 0 spiro atoms. The maximum absolute atomic E-state index is 11.5. The van der Waals surface area contributed by atoms with Crippen LogP contribution in [0.25, 0.3) is 22.7 Å². The van der Waals surface area contributed by atoms with Crippen LogP contribution in [0.2, 0.25) is 0 Å². The Labute approximate surface area is 127 Å². The van der Waals surface area contributed by atoms with Crippen molar-refractivity contribution in [3.63, 3.8) is 0 Å². The summed E-state index contributed by atoms with van der Waals surface area (Å²) in [4.78, 5) is 24.2. The Morgan fingerprint density at radius 1 is 1.23 bits per heavy atom. The topological polar surface area (TPSA) is 80.9 Å². The lowest BCUT2D eigenvalue weighted by atomic mass is 10.1. The van der Waals surface area contributed by atoms with Gasteiger partial charge in [0.25, 0.3) is 0 Å². The molecule has 0 saturated carbocycles. The molecule has 0 aliphatic rings. The summed E-state index contributed by atoms with van der Waals surface area (Å²) >= 11 is 0. The minimum absolute atomic E-state index is 0.0953. The molecule has 0 aliphatic carbocycles. The number of hydrogen-bond donors (Lipinski definition) is 1. The summed E-state index contributed by atoms with van der Waals surface area (Å²) in [6, 6.07) is 9.09. The maximum Gasteiger partial charge on any atom is 0.225 e. The fourth-order valence-electron chi connectivity index (χ4n) is 2.03. The molecular formula is C16H14N4O2. The number of hydrogen-bond acceptors (Lipinski definition) is 5. The number of anilines is 1. The van der Waals surface area contributed by atoms with Crippen molar-refractivity contribution in [1.29, 1.82) is 0 Å². The van der Waals surface area contributed by atoms with Crippen LogP contribution in [0.5, 0.6) is 0 Å². The van der Waals surface area contributed by atoms with Crippen LogP contribution in [0.3, 0.4) is 0 Å². The molecule has 3 rings (SSSR count). The highest BCUT2D eigenvalue weighted by molar-refractivity contribution is 5.90. The molecule has 6 nitrogen and oxygen atoms in total. The molecule has 3 aromatic rings. The van der Waals surface area contributed by atoms with Crippen LogP contribution in [0.15, 0.2) is 53.5 Å². The van der Waals surface area contributed by atoms with Crippen LogP contribution in [0.1, 0.15) is 13.3 Å². The Morgan fingerprint density at radius 3 is 2.91 bits per heavy atom. The van der Waals surface area contributed by atoms with Gasteiger partial charge in [-0.2, -0.15) is 0 Å². The van der Waals surface area contributed by atoms with Gasteiger partial charge in [-0.25, -0.2) is 9.97 Å². The van der Waals surface area contributed by atoms with Gasteiger partial charge in [0.1, 0.15) is 17.8 Å². The Hall–Kier alpha value is -3.02. The van der Waals surface area contributed by atoms with Gasteiger partial charge in [-0.3, -0.25) is 9.78 Å². The van der Waals surface area contributed by atoms with E-state index in [9.17, 15) is 4.79 Å². The van der Waals surface area contributed by atoms with E-state index in [1.54, 1.807) is 31.5 Å². The molecule has 3 aromatic heterocycles. The quantitative estimate of drug-likeness (QED) is 0.799. The SMILES string of the molecule is CCC(=O)Nc1cc(-c2cccnc2-c2ccco2)ncn1. The van der Waals surface area contributed by atoms with Crippen molar-refractivity contribution in [2.24, 2.45) is 0 Å². The molecule has 0 aliphatic heterocycles. The van der Waals surface area contributed by atoms with Gasteiger partial charge >= 0.3 is 0 Å². The summed E-state index contributed by atoms with van der Waals surface area (Å²) in [6.07, 6.45) is 5.10. The third-order valence-electron chi connectivity index (χ3n) is 3.09. The molecule has 6 heteroatoms. The zero-order valence-electron chi connectivity index (χ0n) is 12.0. The van der Waals surface area contributed by atoms with Gasteiger partial charge in [0.2, 0.25) is 5.91 Å². The van der Waals surface area contributed by atoms with Crippen molar-refractivity contribution in [2.75, 3.05) is 5.32 Å². The summed E-state index contributed by atoms with van der Waals surface area (Å²) in [6.45, 7) is 1.79. The second-order valence-electron chi connectivity index (χ2n) is 4.57. The first kappa shape index (κ1) is 13.9. The van der Waals surface area contributed by atoms with Gasteiger partial charge in [-0.15, -0.1) is 0 Å². The lowest BCUT2D eigenvalue weighted by Gasteiger charge is -2.07. The van der Waals surface area contributed by atoms with Gasteiger partial charge in [0.15, 0.2) is 5.76 Å². The minimum Gasteiger partial charge on any atom is -0.463 e. The number of nitrogens with zero attached hydrogens (tertiary/aromatic N) is 3. The van der Waals surface area contributed by atoms with Gasteiger partial charge < -0.3 is 9.73 Å². The van der Waals surface area contributed by atoms with Crippen LogP contribution >= 0.6 is 0 Å². The second-order valence-corrected chi connectivity index (χ2v) is 4.57. The summed E-state index contributed by atoms with van der Waals surface area (Å²) in [5, 5.41) is 2.72. The minimum atomic E-state index is -0.0953. The molecular weight excluding hydrogens is 280 g/mol. The van der Waals surface area contributed by atoms with E-state index in [0.29, 0.717) is 29.4 Å². The zero-order valence-corrected chi connectivity index (χ0v) is 12.0. The van der Waals surface area contributed by atoms with E-state index in [2.05, 4.69) is 20.3 Å². The normalized spacial score (nSPS) is 10.4. The average molecular weight is 294 g/mol. The van der Waals surface area contributed by atoms with E-state index in [0.717, 1.165) is 5.56 Å². The molecule has 110 valence electrons. The summed E-state index contributed by atoms with van der Waals surface area (Å²) in [5.74, 6) is 1.03. The first-order valence-corrected chi connectivity index (χ1v) is 6.89. The van der Waals surface area contributed by atoms with E-state index >= 15 is 0 Å². The first-order valence-electron chi connectivity index (χ1n) is 6.89. The van der Waals surface area contributed by atoms with Crippen molar-refractivity contribution in [2.45, 2.75) is 13.3 Å². The van der Waals surface area contributed by atoms with E-state index in [4.69, 9.17) is 4.42 Å². The fourth-order valence-corrected chi connectivity index (χ4v) is 2.03. The Morgan fingerprint density at radius 2 is 2.14 bits per heavy atom. The Bertz CT molecular complexity index is 784. The molecule has 3 heterocycles. The number of aromatic nitrogens is 3. The summed E-state index contributed by atoms with van der Waals surface area (Å²) < 4.78 is 5.42. The number of amides is 1. The molecule has 0 bridgehead atoms. The molecule has 1 amide bonds. The molecule has 0 unspecified atom stereocenters. The standard InChI is InChI=1S/C16H14N4O2/c1-2-15(21)20-14-9-12(18-10-19-14)11-5-3-7-17-16(11)13-6-4-8-22-13/h3-10H,2H2,1H3,(H,18,19,20,21). The molecule has 0 fully saturated rings. The lowest BCUT2D eigenvalue weighted by Crippen LogP contribution is -2.11. The highest BCUT2D eigenvalue weighted by atomic mass is 16.3. The van der Waals surface area contributed by atoms with Gasteiger partial charge in [0.05, 0.1) is 12.0 Å². The van der Waals surface area contributed by atoms with Crippen molar-refractivity contribution < 1.29 is 9.21 Å². The molecule has 1 N–H and O–H groups in total. The predicted octanol–water partition coefficient (Wildman–Crippen LogP) is 3.15. The predicted molar refractivity (Wildman–Crippen MR) is 81.9 cm³/mol. The lowest BCUT2D eigenvalue weighted by molar-refractivity contribution is -0.115. The first-order chi connectivity index (χ1) is 10.8. The maximum atomic E-state index is 11.5. The number of nitrogens with one attached hydrogen (secondary N) is 1. The molecule has 0 saturated heterocycles. The highest BCUT2D eigenvalue weighted by Gasteiger charge is 2.13.